The van der Waals surface area contributed by atoms with Gasteiger partial charge in [0.2, 0.25) is 0 Å². The molecule has 3 rings (SSSR count). The lowest BCUT2D eigenvalue weighted by Crippen LogP contribution is -2.20. The van der Waals surface area contributed by atoms with Crippen LogP contribution in [-0.4, -0.2) is 7.05 Å². The maximum Gasteiger partial charge on any atom is 0.0351 e. The highest BCUT2D eigenvalue weighted by atomic mass is 14.9. The van der Waals surface area contributed by atoms with Gasteiger partial charge in [0.25, 0.3) is 0 Å². The lowest BCUT2D eigenvalue weighted by molar-refractivity contribution is 0.444. The van der Waals surface area contributed by atoms with E-state index in [2.05, 4.69) is 42.7 Å². The van der Waals surface area contributed by atoms with Crippen LogP contribution in [0.3, 0.4) is 0 Å². The SMILES string of the molecule is CNC(c1ccccc1)C1C2CCCC21. The first-order valence-electron chi connectivity index (χ1n) is 6.14. The van der Waals surface area contributed by atoms with E-state index in [4.69, 9.17) is 0 Å². The zero-order valence-corrected chi connectivity index (χ0v) is 9.32. The van der Waals surface area contributed by atoms with E-state index in [9.17, 15) is 0 Å². The van der Waals surface area contributed by atoms with Crippen molar-refractivity contribution in [1.82, 2.24) is 5.32 Å². The second-order valence-corrected chi connectivity index (χ2v) is 5.01. The summed E-state index contributed by atoms with van der Waals surface area (Å²) in [5.41, 5.74) is 1.47. The molecule has 0 heterocycles. The molecule has 2 aliphatic rings. The highest BCUT2D eigenvalue weighted by molar-refractivity contribution is 5.23. The van der Waals surface area contributed by atoms with Crippen LogP contribution in [0.5, 0.6) is 0 Å². The van der Waals surface area contributed by atoms with Crippen molar-refractivity contribution in [3.63, 3.8) is 0 Å². The van der Waals surface area contributed by atoms with Crippen LogP contribution in [-0.2, 0) is 0 Å². The van der Waals surface area contributed by atoms with Gasteiger partial charge in [0.15, 0.2) is 0 Å². The summed E-state index contributed by atoms with van der Waals surface area (Å²) in [6.45, 7) is 0. The lowest BCUT2D eigenvalue weighted by Gasteiger charge is -2.18. The second-order valence-electron chi connectivity index (χ2n) is 5.01. The third kappa shape index (κ3) is 1.50. The monoisotopic (exact) mass is 201 g/mol. The van der Waals surface area contributed by atoms with Crippen molar-refractivity contribution < 1.29 is 0 Å². The lowest BCUT2D eigenvalue weighted by atomic mass is 9.97. The second kappa shape index (κ2) is 3.64. The number of rotatable bonds is 3. The van der Waals surface area contributed by atoms with E-state index in [1.165, 1.54) is 24.8 Å². The number of benzene rings is 1. The quantitative estimate of drug-likeness (QED) is 0.792. The van der Waals surface area contributed by atoms with E-state index in [-0.39, 0.29) is 0 Å². The molecule has 0 radical (unpaired) electrons. The van der Waals surface area contributed by atoms with Gasteiger partial charge in [-0.3, -0.25) is 0 Å². The number of hydrogen-bond acceptors (Lipinski definition) is 1. The topological polar surface area (TPSA) is 12.0 Å². The fourth-order valence-corrected chi connectivity index (χ4v) is 3.61. The average Bonchev–Trinajstić information content (AvgIpc) is 2.76. The smallest absolute Gasteiger partial charge is 0.0351 e. The van der Waals surface area contributed by atoms with Gasteiger partial charge in [-0.25, -0.2) is 0 Å². The first-order chi connectivity index (χ1) is 7.42. The fraction of sp³-hybridized carbons (Fsp3) is 0.571. The minimum Gasteiger partial charge on any atom is -0.313 e. The van der Waals surface area contributed by atoms with E-state index in [0.29, 0.717) is 6.04 Å². The van der Waals surface area contributed by atoms with E-state index in [0.717, 1.165) is 17.8 Å². The summed E-state index contributed by atoms with van der Waals surface area (Å²) in [5.74, 6) is 2.98. The van der Waals surface area contributed by atoms with Crippen LogP contribution in [0, 0.1) is 17.8 Å². The van der Waals surface area contributed by atoms with Gasteiger partial charge >= 0.3 is 0 Å². The van der Waals surface area contributed by atoms with Gasteiger partial charge in [-0.2, -0.15) is 0 Å². The van der Waals surface area contributed by atoms with Crippen LogP contribution in [0.1, 0.15) is 30.9 Å². The van der Waals surface area contributed by atoms with Crippen LogP contribution < -0.4 is 5.32 Å². The number of fused-ring (bicyclic) bond motifs is 1. The molecule has 0 saturated heterocycles. The zero-order chi connectivity index (χ0) is 10.3. The molecular weight excluding hydrogens is 182 g/mol. The molecule has 1 N–H and O–H groups in total. The Morgan fingerprint density at radius 3 is 2.40 bits per heavy atom. The molecule has 1 nitrogen and oxygen atoms in total. The van der Waals surface area contributed by atoms with Gasteiger partial charge in [0.05, 0.1) is 0 Å². The molecule has 1 aromatic rings. The minimum atomic E-state index is 0.599. The van der Waals surface area contributed by atoms with Gasteiger partial charge in [0, 0.05) is 6.04 Å². The van der Waals surface area contributed by atoms with Crippen LogP contribution >= 0.6 is 0 Å². The summed E-state index contributed by atoms with van der Waals surface area (Å²) in [4.78, 5) is 0. The molecule has 0 aromatic heterocycles. The molecular formula is C14H19N. The van der Waals surface area contributed by atoms with Crippen LogP contribution in [0.4, 0.5) is 0 Å². The highest BCUT2D eigenvalue weighted by Crippen LogP contribution is 2.62. The minimum absolute atomic E-state index is 0.599. The van der Waals surface area contributed by atoms with Crippen molar-refractivity contribution in [2.24, 2.45) is 17.8 Å². The predicted molar refractivity (Wildman–Crippen MR) is 62.6 cm³/mol. The van der Waals surface area contributed by atoms with Crippen molar-refractivity contribution in [3.8, 4) is 0 Å². The first kappa shape index (κ1) is 9.41. The van der Waals surface area contributed by atoms with Crippen molar-refractivity contribution in [2.75, 3.05) is 7.05 Å². The molecule has 3 atom stereocenters. The summed E-state index contributed by atoms with van der Waals surface area (Å²) < 4.78 is 0. The Hall–Kier alpha value is -0.820. The van der Waals surface area contributed by atoms with Gasteiger partial charge in [0.1, 0.15) is 0 Å². The van der Waals surface area contributed by atoms with Crippen LogP contribution in [0.25, 0.3) is 0 Å². The number of hydrogen-bond donors (Lipinski definition) is 1. The van der Waals surface area contributed by atoms with Crippen LogP contribution in [0.2, 0.25) is 0 Å². The molecule has 1 heteroatoms. The molecule has 0 aliphatic heterocycles. The Morgan fingerprint density at radius 1 is 1.13 bits per heavy atom. The largest absolute Gasteiger partial charge is 0.313 e. The Bertz CT molecular complexity index is 322. The van der Waals surface area contributed by atoms with Gasteiger partial charge in [-0.05, 0) is 43.2 Å². The summed E-state index contributed by atoms with van der Waals surface area (Å²) in [6.07, 6.45) is 4.41. The Kier molecular flexibility index (Phi) is 2.28. The maximum atomic E-state index is 3.51. The van der Waals surface area contributed by atoms with Crippen molar-refractivity contribution in [2.45, 2.75) is 25.3 Å². The summed E-state index contributed by atoms with van der Waals surface area (Å²) >= 11 is 0. The molecule has 0 spiro atoms. The fourth-order valence-electron chi connectivity index (χ4n) is 3.61. The summed E-state index contributed by atoms with van der Waals surface area (Å²) in [5, 5.41) is 3.51. The van der Waals surface area contributed by atoms with Crippen molar-refractivity contribution >= 4 is 0 Å². The van der Waals surface area contributed by atoms with Crippen LogP contribution in [0.15, 0.2) is 30.3 Å². The molecule has 0 amide bonds. The van der Waals surface area contributed by atoms with E-state index in [1.807, 2.05) is 0 Å². The maximum absolute atomic E-state index is 3.51. The molecule has 2 aliphatic carbocycles. The van der Waals surface area contributed by atoms with Gasteiger partial charge in [-0.1, -0.05) is 36.8 Å². The summed E-state index contributed by atoms with van der Waals surface area (Å²) in [7, 11) is 2.10. The number of nitrogens with one attached hydrogen (secondary N) is 1. The molecule has 15 heavy (non-hydrogen) atoms. The third-order valence-electron chi connectivity index (χ3n) is 4.33. The Morgan fingerprint density at radius 2 is 1.80 bits per heavy atom. The van der Waals surface area contributed by atoms with E-state index >= 15 is 0 Å². The Labute approximate surface area is 91.9 Å². The predicted octanol–water partition coefficient (Wildman–Crippen LogP) is 2.99. The van der Waals surface area contributed by atoms with E-state index in [1.54, 1.807) is 0 Å². The molecule has 3 unspecified atom stereocenters. The standard InChI is InChI=1S/C14H19N/c1-15-14(10-6-3-2-4-7-10)13-11-8-5-9-12(11)13/h2-4,6-7,11-15H,5,8-9H2,1H3. The Balaban J connectivity index is 1.78. The van der Waals surface area contributed by atoms with Gasteiger partial charge < -0.3 is 5.32 Å². The molecule has 1 aromatic carbocycles. The third-order valence-corrected chi connectivity index (χ3v) is 4.33. The molecule has 2 fully saturated rings. The molecule has 80 valence electrons. The van der Waals surface area contributed by atoms with E-state index < -0.39 is 0 Å². The molecule has 0 bridgehead atoms. The average molecular weight is 201 g/mol. The highest BCUT2D eigenvalue weighted by Gasteiger charge is 2.55. The zero-order valence-electron chi connectivity index (χ0n) is 9.32. The van der Waals surface area contributed by atoms with Gasteiger partial charge in [-0.15, -0.1) is 0 Å². The normalized spacial score (nSPS) is 34.9. The molecule has 2 saturated carbocycles. The first-order valence-corrected chi connectivity index (χ1v) is 6.14. The summed E-state index contributed by atoms with van der Waals surface area (Å²) in [6, 6.07) is 11.5. The van der Waals surface area contributed by atoms with Crippen molar-refractivity contribution in [1.29, 1.82) is 0 Å². The van der Waals surface area contributed by atoms with Crippen molar-refractivity contribution in [3.05, 3.63) is 35.9 Å².